The fraction of sp³-hybridized carbons (Fsp3) is 0.107. The van der Waals surface area contributed by atoms with Crippen LogP contribution in [0.3, 0.4) is 0 Å². The predicted octanol–water partition coefficient (Wildman–Crippen LogP) is 13.9. The Bertz CT molecular complexity index is 2900. The van der Waals surface area contributed by atoms with Gasteiger partial charge in [0.15, 0.2) is 11.6 Å². The molecule has 0 fully saturated rings. The summed E-state index contributed by atoms with van der Waals surface area (Å²) in [6.45, 7) is 9.43. The summed E-state index contributed by atoms with van der Waals surface area (Å²) < 4.78 is 0. The van der Waals surface area contributed by atoms with Crippen LogP contribution in [0.1, 0.15) is 49.9 Å². The summed E-state index contributed by atoms with van der Waals surface area (Å²) in [7, 11) is 0. The van der Waals surface area contributed by atoms with Crippen molar-refractivity contribution in [3.63, 3.8) is 0 Å². The topological polar surface area (TPSA) is 51.6 Å². The Labute approximate surface area is 351 Å². The fourth-order valence-electron chi connectivity index (χ4n) is 9.79. The molecule has 7 aromatic carbocycles. The standard InChI is InChI=1S/C56H42N4/c1-55(2)49-13-7-5-11-41(49)43-25-23-39(31-51(43)55)47-34-48(40-24-26-44-42-12-6-8-14-50(42)56(3,4)52(44)32-40)46(36-17-21-38(22-18-36)54-59-29-10-30-60-54)33-45(47)35-15-19-37(20-16-35)53-57-27-9-28-58-53/h5-34H,1-4H3. The number of hydrogen-bond donors (Lipinski definition) is 0. The first-order valence-corrected chi connectivity index (χ1v) is 20.7. The number of rotatable bonds is 6. The van der Waals surface area contributed by atoms with Gasteiger partial charge in [0.25, 0.3) is 0 Å². The van der Waals surface area contributed by atoms with Gasteiger partial charge in [-0.15, -0.1) is 0 Å². The van der Waals surface area contributed by atoms with E-state index in [0.29, 0.717) is 11.6 Å². The Morgan fingerprint density at radius 1 is 0.267 bits per heavy atom. The fourth-order valence-corrected chi connectivity index (χ4v) is 9.79. The molecule has 9 aromatic rings. The van der Waals surface area contributed by atoms with E-state index < -0.39 is 0 Å². The molecule has 0 saturated carbocycles. The van der Waals surface area contributed by atoms with Crippen LogP contribution in [0.4, 0.5) is 0 Å². The van der Waals surface area contributed by atoms with Crippen molar-refractivity contribution in [2.75, 3.05) is 0 Å². The van der Waals surface area contributed by atoms with Gasteiger partial charge in [0, 0.05) is 46.7 Å². The zero-order valence-corrected chi connectivity index (χ0v) is 34.1. The number of nitrogens with zero attached hydrogens (tertiary/aromatic N) is 4. The zero-order valence-electron chi connectivity index (χ0n) is 34.1. The van der Waals surface area contributed by atoms with Gasteiger partial charge in [-0.25, -0.2) is 19.9 Å². The SMILES string of the molecule is CC1(C)c2ccccc2-c2ccc(-c3cc(-c4ccc5c(c4)C(C)(C)c4ccccc4-5)c(-c4ccc(-c5ncccn5)cc4)cc3-c3ccc(-c4ncccn4)cc3)cc21. The van der Waals surface area contributed by atoms with Crippen LogP contribution in [0.2, 0.25) is 0 Å². The third-order valence-corrected chi connectivity index (χ3v) is 13.0. The lowest BCUT2D eigenvalue weighted by Gasteiger charge is -2.24. The van der Waals surface area contributed by atoms with Crippen LogP contribution < -0.4 is 0 Å². The van der Waals surface area contributed by atoms with Crippen LogP contribution in [0, 0.1) is 0 Å². The molecule has 2 aliphatic carbocycles. The van der Waals surface area contributed by atoms with Crippen molar-refractivity contribution < 1.29 is 0 Å². The molecule has 4 heteroatoms. The van der Waals surface area contributed by atoms with Gasteiger partial charge in [0.1, 0.15) is 0 Å². The minimum atomic E-state index is -0.132. The van der Waals surface area contributed by atoms with Crippen LogP contribution in [-0.4, -0.2) is 19.9 Å². The van der Waals surface area contributed by atoms with E-state index in [1.165, 1.54) is 66.8 Å². The van der Waals surface area contributed by atoms with E-state index in [2.05, 4.69) is 193 Å². The van der Waals surface area contributed by atoms with Crippen molar-refractivity contribution in [2.24, 2.45) is 0 Å². The van der Waals surface area contributed by atoms with Crippen molar-refractivity contribution in [1.82, 2.24) is 19.9 Å². The first-order chi connectivity index (χ1) is 29.3. The minimum absolute atomic E-state index is 0.132. The van der Waals surface area contributed by atoms with E-state index >= 15 is 0 Å². The van der Waals surface area contributed by atoms with Crippen LogP contribution >= 0.6 is 0 Å². The highest BCUT2D eigenvalue weighted by atomic mass is 14.9. The van der Waals surface area contributed by atoms with Crippen molar-refractivity contribution in [3.05, 3.63) is 205 Å². The summed E-state index contributed by atoms with van der Waals surface area (Å²) in [4.78, 5) is 18.1. The highest BCUT2D eigenvalue weighted by molar-refractivity contribution is 5.97. The van der Waals surface area contributed by atoms with Crippen molar-refractivity contribution in [3.8, 4) is 89.5 Å². The van der Waals surface area contributed by atoms with Crippen LogP contribution in [-0.2, 0) is 10.8 Å². The molecule has 2 aliphatic rings. The first kappa shape index (κ1) is 35.8. The van der Waals surface area contributed by atoms with Gasteiger partial charge in [0.05, 0.1) is 0 Å². The van der Waals surface area contributed by atoms with Crippen molar-refractivity contribution >= 4 is 0 Å². The molecular weight excluding hydrogens is 729 g/mol. The van der Waals surface area contributed by atoms with Gasteiger partial charge in [-0.1, -0.05) is 149 Å². The molecule has 11 rings (SSSR count). The molecule has 0 radical (unpaired) electrons. The lowest BCUT2D eigenvalue weighted by Crippen LogP contribution is -2.15. The highest BCUT2D eigenvalue weighted by Crippen LogP contribution is 2.53. The first-order valence-electron chi connectivity index (χ1n) is 20.7. The summed E-state index contributed by atoms with van der Waals surface area (Å²) >= 11 is 0. The molecule has 0 saturated heterocycles. The number of fused-ring (bicyclic) bond motifs is 6. The summed E-state index contributed by atoms with van der Waals surface area (Å²) in [5.74, 6) is 1.43. The normalized spacial score (nSPS) is 13.9. The molecular formula is C56H42N4. The molecule has 4 nitrogen and oxygen atoms in total. The highest BCUT2D eigenvalue weighted by Gasteiger charge is 2.37. The van der Waals surface area contributed by atoms with Gasteiger partial charge in [-0.05, 0) is 125 Å². The van der Waals surface area contributed by atoms with E-state index in [1.54, 1.807) is 24.8 Å². The molecule has 0 amide bonds. The Balaban J connectivity index is 1.15. The average molecular weight is 771 g/mol. The lowest BCUT2D eigenvalue weighted by atomic mass is 9.79. The maximum atomic E-state index is 4.54. The monoisotopic (exact) mass is 770 g/mol. The molecule has 0 bridgehead atoms. The zero-order chi connectivity index (χ0) is 40.6. The second kappa shape index (κ2) is 13.6. The largest absolute Gasteiger partial charge is 0.237 e. The Hall–Kier alpha value is -7.30. The third kappa shape index (κ3) is 5.66. The Morgan fingerprint density at radius 2 is 0.583 bits per heavy atom. The van der Waals surface area contributed by atoms with E-state index in [1.807, 2.05) is 12.1 Å². The van der Waals surface area contributed by atoms with Gasteiger partial charge in [0.2, 0.25) is 0 Å². The molecule has 2 aromatic heterocycles. The second-order valence-corrected chi connectivity index (χ2v) is 17.1. The molecule has 0 N–H and O–H groups in total. The third-order valence-electron chi connectivity index (χ3n) is 13.0. The summed E-state index contributed by atoms with van der Waals surface area (Å²) in [5, 5.41) is 0. The molecule has 0 aliphatic heterocycles. The van der Waals surface area contributed by atoms with Crippen LogP contribution in [0.15, 0.2) is 183 Å². The predicted molar refractivity (Wildman–Crippen MR) is 245 cm³/mol. The molecule has 286 valence electrons. The van der Waals surface area contributed by atoms with Gasteiger partial charge in [-0.2, -0.15) is 0 Å². The number of aromatic nitrogens is 4. The maximum Gasteiger partial charge on any atom is 0.159 e. The van der Waals surface area contributed by atoms with Gasteiger partial charge < -0.3 is 0 Å². The van der Waals surface area contributed by atoms with E-state index in [4.69, 9.17) is 0 Å². The molecule has 2 heterocycles. The maximum absolute atomic E-state index is 4.54. The molecule has 0 unspecified atom stereocenters. The van der Waals surface area contributed by atoms with Crippen molar-refractivity contribution in [2.45, 2.75) is 38.5 Å². The molecule has 0 spiro atoms. The van der Waals surface area contributed by atoms with E-state index in [9.17, 15) is 0 Å². The van der Waals surface area contributed by atoms with E-state index in [0.717, 1.165) is 33.4 Å². The summed E-state index contributed by atoms with van der Waals surface area (Å²) in [6, 6.07) is 57.9. The minimum Gasteiger partial charge on any atom is -0.237 e. The number of benzene rings is 7. The van der Waals surface area contributed by atoms with Crippen LogP contribution in [0.25, 0.3) is 89.5 Å². The van der Waals surface area contributed by atoms with Gasteiger partial charge in [-0.3, -0.25) is 0 Å². The smallest absolute Gasteiger partial charge is 0.159 e. The van der Waals surface area contributed by atoms with Crippen molar-refractivity contribution in [1.29, 1.82) is 0 Å². The summed E-state index contributed by atoms with van der Waals surface area (Å²) in [5.41, 5.74) is 21.7. The van der Waals surface area contributed by atoms with Crippen LogP contribution in [0.5, 0.6) is 0 Å². The second-order valence-electron chi connectivity index (χ2n) is 17.1. The van der Waals surface area contributed by atoms with Gasteiger partial charge >= 0.3 is 0 Å². The average Bonchev–Trinajstić information content (AvgIpc) is 3.68. The number of hydrogen-bond acceptors (Lipinski definition) is 4. The lowest BCUT2D eigenvalue weighted by molar-refractivity contribution is 0.660. The summed E-state index contributed by atoms with van der Waals surface area (Å²) in [6.07, 6.45) is 7.17. The Morgan fingerprint density at radius 3 is 0.983 bits per heavy atom. The Kier molecular flexibility index (Phi) is 8.15. The van der Waals surface area contributed by atoms with E-state index in [-0.39, 0.29) is 10.8 Å². The quantitative estimate of drug-likeness (QED) is 0.169. The molecule has 0 atom stereocenters. The molecule has 60 heavy (non-hydrogen) atoms.